The minimum Gasteiger partial charge on any atom is -0.354 e. The van der Waals surface area contributed by atoms with Crippen LogP contribution in [0.1, 0.15) is 26.2 Å². The maximum absolute atomic E-state index is 5.74. The van der Waals surface area contributed by atoms with Crippen molar-refractivity contribution in [1.82, 2.24) is 9.88 Å². The van der Waals surface area contributed by atoms with E-state index in [4.69, 9.17) is 5.73 Å². The van der Waals surface area contributed by atoms with Gasteiger partial charge in [-0.05, 0) is 53.9 Å². The van der Waals surface area contributed by atoms with Crippen molar-refractivity contribution < 1.29 is 0 Å². The van der Waals surface area contributed by atoms with Gasteiger partial charge in [-0.2, -0.15) is 0 Å². The topological polar surface area (TPSA) is 45.4 Å². The molecule has 1 atom stereocenters. The van der Waals surface area contributed by atoms with Gasteiger partial charge in [-0.1, -0.05) is 6.92 Å². The smallest absolute Gasteiger partial charge is 0.142 e. The average molecular weight is 341 g/mol. The van der Waals surface area contributed by atoms with E-state index in [1.165, 1.54) is 19.4 Å². The van der Waals surface area contributed by atoms with Crippen LogP contribution in [0.2, 0.25) is 0 Å². The van der Waals surface area contributed by atoms with Gasteiger partial charge in [0.2, 0.25) is 0 Å². The van der Waals surface area contributed by atoms with Crippen LogP contribution in [0.5, 0.6) is 0 Å². The molecule has 0 radical (unpaired) electrons. The molecule has 0 amide bonds. The fourth-order valence-corrected chi connectivity index (χ4v) is 3.47. The first-order valence-corrected chi connectivity index (χ1v) is 8.35. The summed E-state index contributed by atoms with van der Waals surface area (Å²) in [5, 5.41) is 0. The molecule has 1 aromatic rings. The molecule has 2 rings (SSSR count). The summed E-state index contributed by atoms with van der Waals surface area (Å²) in [4.78, 5) is 9.50. The summed E-state index contributed by atoms with van der Waals surface area (Å²) in [5.41, 5.74) is 5.74. The van der Waals surface area contributed by atoms with Gasteiger partial charge in [-0.15, -0.1) is 0 Å². The molecule has 20 heavy (non-hydrogen) atoms. The molecule has 1 aliphatic rings. The second-order valence-corrected chi connectivity index (χ2v) is 6.18. The van der Waals surface area contributed by atoms with E-state index in [1.807, 2.05) is 12.3 Å². The standard InChI is InChI=1S/C15H25BrN4/c1-2-13(6-7-17)19-9-4-10-20(12-11-19)15-14(16)5-3-8-18-15/h3,5,8,13H,2,4,6-7,9-12,17H2,1H3. The van der Waals surface area contributed by atoms with Gasteiger partial charge < -0.3 is 10.6 Å². The van der Waals surface area contributed by atoms with E-state index in [-0.39, 0.29) is 0 Å². The highest BCUT2D eigenvalue weighted by Gasteiger charge is 2.21. The minimum absolute atomic E-state index is 0.632. The van der Waals surface area contributed by atoms with Crippen molar-refractivity contribution >= 4 is 21.7 Å². The third-order valence-corrected chi connectivity index (χ3v) is 4.68. The van der Waals surface area contributed by atoms with Crippen LogP contribution in [0.15, 0.2) is 22.8 Å². The molecule has 0 spiro atoms. The molecule has 2 heterocycles. The predicted molar refractivity (Wildman–Crippen MR) is 88.1 cm³/mol. The average Bonchev–Trinajstić information content (AvgIpc) is 2.71. The number of halogens is 1. The van der Waals surface area contributed by atoms with Crippen LogP contribution in [-0.2, 0) is 0 Å². The first-order chi connectivity index (χ1) is 9.76. The number of hydrogen-bond acceptors (Lipinski definition) is 4. The fraction of sp³-hybridized carbons (Fsp3) is 0.667. The lowest BCUT2D eigenvalue weighted by Gasteiger charge is -2.29. The van der Waals surface area contributed by atoms with E-state index in [9.17, 15) is 0 Å². The molecular weight excluding hydrogens is 316 g/mol. The molecule has 1 fully saturated rings. The molecule has 0 bridgehead atoms. The number of rotatable bonds is 5. The maximum atomic E-state index is 5.74. The Kier molecular flexibility index (Phi) is 6.26. The Hall–Kier alpha value is -0.650. The Morgan fingerprint density at radius 2 is 2.20 bits per heavy atom. The number of pyridine rings is 1. The van der Waals surface area contributed by atoms with Crippen molar-refractivity contribution in [3.05, 3.63) is 22.8 Å². The molecule has 4 nitrogen and oxygen atoms in total. The quantitative estimate of drug-likeness (QED) is 0.894. The largest absolute Gasteiger partial charge is 0.354 e. The molecule has 0 saturated carbocycles. The molecule has 1 saturated heterocycles. The van der Waals surface area contributed by atoms with Crippen LogP contribution in [0.3, 0.4) is 0 Å². The summed E-state index contributed by atoms with van der Waals surface area (Å²) in [5.74, 6) is 1.07. The maximum Gasteiger partial charge on any atom is 0.142 e. The van der Waals surface area contributed by atoms with Crippen LogP contribution in [-0.4, -0.2) is 48.6 Å². The van der Waals surface area contributed by atoms with Gasteiger partial charge in [0.25, 0.3) is 0 Å². The van der Waals surface area contributed by atoms with E-state index in [1.54, 1.807) is 0 Å². The summed E-state index contributed by atoms with van der Waals surface area (Å²) >= 11 is 3.61. The molecule has 0 aliphatic carbocycles. The van der Waals surface area contributed by atoms with Crippen LogP contribution in [0.25, 0.3) is 0 Å². The lowest BCUT2D eigenvalue weighted by Crippen LogP contribution is -2.39. The SMILES string of the molecule is CCC(CCN)N1CCCN(c2ncccc2Br)CC1. The molecule has 112 valence electrons. The van der Waals surface area contributed by atoms with E-state index >= 15 is 0 Å². The second-order valence-electron chi connectivity index (χ2n) is 5.32. The Balaban J connectivity index is 2.00. The van der Waals surface area contributed by atoms with Crippen LogP contribution in [0, 0.1) is 0 Å². The molecule has 1 aromatic heterocycles. The summed E-state index contributed by atoms with van der Waals surface area (Å²) in [6, 6.07) is 4.66. The van der Waals surface area contributed by atoms with Crippen molar-refractivity contribution in [3.8, 4) is 0 Å². The van der Waals surface area contributed by atoms with Crippen LogP contribution >= 0.6 is 15.9 Å². The van der Waals surface area contributed by atoms with Gasteiger partial charge in [0, 0.05) is 38.4 Å². The lowest BCUT2D eigenvalue weighted by molar-refractivity contribution is 0.196. The predicted octanol–water partition coefficient (Wildman–Crippen LogP) is 2.48. The highest BCUT2D eigenvalue weighted by Crippen LogP contribution is 2.24. The summed E-state index contributed by atoms with van der Waals surface area (Å²) in [6.07, 6.45) is 5.34. The highest BCUT2D eigenvalue weighted by atomic mass is 79.9. The fourth-order valence-electron chi connectivity index (χ4n) is 2.96. The number of anilines is 1. The van der Waals surface area contributed by atoms with Crippen molar-refractivity contribution in [1.29, 1.82) is 0 Å². The van der Waals surface area contributed by atoms with E-state index in [2.05, 4.69) is 43.7 Å². The molecule has 5 heteroatoms. The number of nitrogens with two attached hydrogens (primary N) is 1. The second kappa shape index (κ2) is 7.96. The molecular formula is C15H25BrN4. The summed E-state index contributed by atoms with van der Waals surface area (Å²) in [7, 11) is 0. The third kappa shape index (κ3) is 3.93. The number of nitrogens with zero attached hydrogens (tertiary/aromatic N) is 3. The minimum atomic E-state index is 0.632. The van der Waals surface area contributed by atoms with Gasteiger partial charge in [0.15, 0.2) is 0 Å². The zero-order valence-corrected chi connectivity index (χ0v) is 13.8. The van der Waals surface area contributed by atoms with Gasteiger partial charge >= 0.3 is 0 Å². The summed E-state index contributed by atoms with van der Waals surface area (Å²) in [6.45, 7) is 7.42. The highest BCUT2D eigenvalue weighted by molar-refractivity contribution is 9.10. The number of hydrogen-bond donors (Lipinski definition) is 1. The van der Waals surface area contributed by atoms with E-state index in [0.717, 1.165) is 42.9 Å². The van der Waals surface area contributed by atoms with E-state index < -0.39 is 0 Å². The van der Waals surface area contributed by atoms with Gasteiger partial charge in [0.05, 0.1) is 4.47 Å². The number of aromatic nitrogens is 1. The zero-order chi connectivity index (χ0) is 14.4. The molecule has 1 unspecified atom stereocenters. The lowest BCUT2D eigenvalue weighted by atomic mass is 10.1. The van der Waals surface area contributed by atoms with Gasteiger partial charge in [-0.3, -0.25) is 4.90 Å². The van der Waals surface area contributed by atoms with Gasteiger partial charge in [0.1, 0.15) is 5.82 Å². The Labute approximate surface area is 130 Å². The molecule has 2 N–H and O–H groups in total. The van der Waals surface area contributed by atoms with Crippen LogP contribution < -0.4 is 10.6 Å². The van der Waals surface area contributed by atoms with Crippen molar-refractivity contribution in [2.75, 3.05) is 37.6 Å². The first-order valence-electron chi connectivity index (χ1n) is 7.55. The van der Waals surface area contributed by atoms with E-state index in [0.29, 0.717) is 6.04 Å². The Morgan fingerprint density at radius 3 is 2.90 bits per heavy atom. The third-order valence-electron chi connectivity index (χ3n) is 4.06. The first kappa shape index (κ1) is 15.7. The van der Waals surface area contributed by atoms with Crippen molar-refractivity contribution in [2.24, 2.45) is 5.73 Å². The molecule has 0 aromatic carbocycles. The Morgan fingerprint density at radius 1 is 1.35 bits per heavy atom. The summed E-state index contributed by atoms with van der Waals surface area (Å²) < 4.78 is 1.09. The normalized spacial score (nSPS) is 18.9. The van der Waals surface area contributed by atoms with Crippen LogP contribution in [0.4, 0.5) is 5.82 Å². The monoisotopic (exact) mass is 340 g/mol. The van der Waals surface area contributed by atoms with Crippen molar-refractivity contribution in [2.45, 2.75) is 32.2 Å². The zero-order valence-electron chi connectivity index (χ0n) is 12.3. The van der Waals surface area contributed by atoms with Crippen molar-refractivity contribution in [3.63, 3.8) is 0 Å². The van der Waals surface area contributed by atoms with Gasteiger partial charge in [-0.25, -0.2) is 4.98 Å². The Bertz CT molecular complexity index is 413. The molecule has 1 aliphatic heterocycles.